The van der Waals surface area contributed by atoms with Gasteiger partial charge in [-0.2, -0.15) is 0 Å². The Morgan fingerprint density at radius 2 is 2.06 bits per heavy atom. The lowest BCUT2D eigenvalue weighted by atomic mass is 10.1. The molecule has 0 fully saturated rings. The van der Waals surface area contributed by atoms with E-state index in [1.165, 1.54) is 24.5 Å². The standard InChI is InChI=1S/C15H18INS/c1-4-13(17-3)15-8-7-14(18-15)11-6-5-10(2)12(16)9-11/h5-9,13,17H,4H2,1-3H3. The Bertz CT molecular complexity index is 529. The summed E-state index contributed by atoms with van der Waals surface area (Å²) in [6.45, 7) is 4.37. The van der Waals surface area contributed by atoms with Crippen LogP contribution in [0.15, 0.2) is 30.3 Å². The zero-order valence-electron chi connectivity index (χ0n) is 11.0. The summed E-state index contributed by atoms with van der Waals surface area (Å²) in [5.74, 6) is 0. The van der Waals surface area contributed by atoms with Crippen LogP contribution >= 0.6 is 33.9 Å². The maximum atomic E-state index is 3.36. The van der Waals surface area contributed by atoms with E-state index in [2.05, 4.69) is 72.1 Å². The van der Waals surface area contributed by atoms with Crippen molar-refractivity contribution < 1.29 is 0 Å². The Balaban J connectivity index is 2.31. The van der Waals surface area contributed by atoms with Gasteiger partial charge in [0.25, 0.3) is 0 Å². The number of halogens is 1. The first-order valence-electron chi connectivity index (χ1n) is 6.19. The van der Waals surface area contributed by atoms with Gasteiger partial charge in [-0.25, -0.2) is 0 Å². The van der Waals surface area contributed by atoms with Gasteiger partial charge in [-0.05, 0) is 72.3 Å². The first-order chi connectivity index (χ1) is 8.65. The van der Waals surface area contributed by atoms with Gasteiger partial charge < -0.3 is 5.32 Å². The smallest absolute Gasteiger partial charge is 0.0409 e. The van der Waals surface area contributed by atoms with Gasteiger partial charge >= 0.3 is 0 Å². The Morgan fingerprint density at radius 3 is 2.67 bits per heavy atom. The molecule has 1 aromatic carbocycles. The van der Waals surface area contributed by atoms with E-state index in [9.17, 15) is 0 Å². The van der Waals surface area contributed by atoms with Gasteiger partial charge in [0.05, 0.1) is 0 Å². The lowest BCUT2D eigenvalue weighted by Gasteiger charge is -2.10. The highest BCUT2D eigenvalue weighted by Crippen LogP contribution is 2.33. The molecule has 2 rings (SSSR count). The summed E-state index contributed by atoms with van der Waals surface area (Å²) in [6.07, 6.45) is 1.13. The van der Waals surface area contributed by atoms with Gasteiger partial charge in [-0.1, -0.05) is 19.1 Å². The number of rotatable bonds is 4. The predicted molar refractivity (Wildman–Crippen MR) is 89.3 cm³/mol. The molecular weight excluding hydrogens is 353 g/mol. The zero-order valence-corrected chi connectivity index (χ0v) is 13.9. The molecule has 0 saturated carbocycles. The van der Waals surface area contributed by atoms with Crippen molar-refractivity contribution in [2.24, 2.45) is 0 Å². The number of aryl methyl sites for hydroxylation is 1. The Morgan fingerprint density at radius 1 is 1.28 bits per heavy atom. The molecule has 0 saturated heterocycles. The number of nitrogens with one attached hydrogen (secondary N) is 1. The molecule has 96 valence electrons. The highest BCUT2D eigenvalue weighted by atomic mass is 127. The minimum atomic E-state index is 0.480. The van der Waals surface area contributed by atoms with Crippen LogP contribution in [0.2, 0.25) is 0 Å². The second kappa shape index (κ2) is 6.17. The normalized spacial score (nSPS) is 12.7. The van der Waals surface area contributed by atoms with Crippen molar-refractivity contribution in [3.8, 4) is 10.4 Å². The summed E-state index contributed by atoms with van der Waals surface area (Å²) in [7, 11) is 2.03. The Hall–Kier alpha value is -0.390. The van der Waals surface area contributed by atoms with Crippen LogP contribution in [-0.4, -0.2) is 7.05 Å². The van der Waals surface area contributed by atoms with E-state index in [4.69, 9.17) is 0 Å². The number of hydrogen-bond donors (Lipinski definition) is 1. The van der Waals surface area contributed by atoms with Gasteiger partial charge in [-0.3, -0.25) is 0 Å². The molecule has 2 aromatic rings. The number of hydrogen-bond acceptors (Lipinski definition) is 2. The molecule has 1 nitrogen and oxygen atoms in total. The zero-order chi connectivity index (χ0) is 13.1. The highest BCUT2D eigenvalue weighted by molar-refractivity contribution is 14.1. The third-order valence-electron chi connectivity index (χ3n) is 3.18. The summed E-state index contributed by atoms with van der Waals surface area (Å²) in [5.41, 5.74) is 2.67. The minimum absolute atomic E-state index is 0.480. The van der Waals surface area contributed by atoms with Crippen molar-refractivity contribution in [2.75, 3.05) is 7.05 Å². The monoisotopic (exact) mass is 371 g/mol. The fourth-order valence-corrected chi connectivity index (χ4v) is 3.70. The third kappa shape index (κ3) is 2.95. The van der Waals surface area contributed by atoms with Gasteiger partial charge in [0.2, 0.25) is 0 Å². The molecule has 1 atom stereocenters. The van der Waals surface area contributed by atoms with Gasteiger partial charge in [0.15, 0.2) is 0 Å². The average molecular weight is 371 g/mol. The first kappa shape index (κ1) is 14.0. The van der Waals surface area contributed by atoms with Gasteiger partial charge in [0, 0.05) is 19.4 Å². The van der Waals surface area contributed by atoms with Crippen LogP contribution in [0, 0.1) is 10.5 Å². The maximum Gasteiger partial charge on any atom is 0.0409 e. The summed E-state index contributed by atoms with van der Waals surface area (Å²) >= 11 is 4.30. The molecular formula is C15H18INS. The van der Waals surface area contributed by atoms with Crippen LogP contribution < -0.4 is 5.32 Å². The summed E-state index contributed by atoms with van der Waals surface area (Å²) in [5, 5.41) is 3.36. The van der Waals surface area contributed by atoms with Crippen molar-refractivity contribution in [1.29, 1.82) is 0 Å². The van der Waals surface area contributed by atoms with Crippen molar-refractivity contribution in [2.45, 2.75) is 26.3 Å². The molecule has 0 aliphatic carbocycles. The highest BCUT2D eigenvalue weighted by Gasteiger charge is 2.10. The summed E-state index contributed by atoms with van der Waals surface area (Å²) in [4.78, 5) is 2.78. The van der Waals surface area contributed by atoms with Crippen LogP contribution in [0.5, 0.6) is 0 Å². The molecule has 0 bridgehead atoms. The van der Waals surface area contributed by atoms with Gasteiger partial charge in [0.1, 0.15) is 0 Å². The largest absolute Gasteiger partial charge is 0.312 e. The Kier molecular flexibility index (Phi) is 4.81. The van der Waals surface area contributed by atoms with Crippen LogP contribution in [0.3, 0.4) is 0 Å². The van der Waals surface area contributed by atoms with Crippen molar-refractivity contribution in [3.63, 3.8) is 0 Å². The molecule has 0 aliphatic heterocycles. The van der Waals surface area contributed by atoms with E-state index in [1.54, 1.807) is 0 Å². The predicted octanol–water partition coefficient (Wildman–Crippen LogP) is 5.00. The Labute approximate surface area is 127 Å². The van der Waals surface area contributed by atoms with Crippen LogP contribution in [0.4, 0.5) is 0 Å². The molecule has 1 unspecified atom stereocenters. The average Bonchev–Trinajstić information content (AvgIpc) is 2.84. The molecule has 3 heteroatoms. The summed E-state index contributed by atoms with van der Waals surface area (Å²) in [6, 6.07) is 11.6. The quantitative estimate of drug-likeness (QED) is 0.746. The SMILES string of the molecule is CCC(NC)c1ccc(-c2ccc(C)c(I)c2)s1. The van der Waals surface area contributed by atoms with E-state index >= 15 is 0 Å². The maximum absolute atomic E-state index is 3.36. The molecule has 1 heterocycles. The number of thiophene rings is 1. The van der Waals surface area contributed by atoms with Crippen LogP contribution in [-0.2, 0) is 0 Å². The first-order valence-corrected chi connectivity index (χ1v) is 8.08. The van der Waals surface area contributed by atoms with Crippen LogP contribution in [0.25, 0.3) is 10.4 Å². The molecule has 0 spiro atoms. The molecule has 1 aromatic heterocycles. The molecule has 1 N–H and O–H groups in total. The molecule has 0 amide bonds. The lowest BCUT2D eigenvalue weighted by molar-refractivity contribution is 0.586. The molecule has 0 radical (unpaired) electrons. The second-order valence-corrected chi connectivity index (χ2v) is 6.69. The van der Waals surface area contributed by atoms with Crippen molar-refractivity contribution in [1.82, 2.24) is 5.32 Å². The van der Waals surface area contributed by atoms with E-state index in [0.717, 1.165) is 6.42 Å². The fourth-order valence-electron chi connectivity index (χ4n) is 1.99. The topological polar surface area (TPSA) is 12.0 Å². The van der Waals surface area contributed by atoms with E-state index in [-0.39, 0.29) is 0 Å². The van der Waals surface area contributed by atoms with Gasteiger partial charge in [-0.15, -0.1) is 11.3 Å². The fraction of sp³-hybridized carbons (Fsp3) is 0.333. The number of benzene rings is 1. The molecule has 18 heavy (non-hydrogen) atoms. The molecule has 0 aliphatic rings. The minimum Gasteiger partial charge on any atom is -0.312 e. The van der Waals surface area contributed by atoms with E-state index in [1.807, 2.05) is 18.4 Å². The van der Waals surface area contributed by atoms with E-state index in [0.29, 0.717) is 6.04 Å². The summed E-state index contributed by atoms with van der Waals surface area (Å²) < 4.78 is 1.33. The second-order valence-electron chi connectivity index (χ2n) is 4.42. The van der Waals surface area contributed by atoms with Crippen molar-refractivity contribution in [3.05, 3.63) is 44.3 Å². The van der Waals surface area contributed by atoms with E-state index < -0.39 is 0 Å². The lowest BCUT2D eigenvalue weighted by Crippen LogP contribution is -2.13. The third-order valence-corrected chi connectivity index (χ3v) is 5.59. The van der Waals surface area contributed by atoms with Crippen LogP contribution in [0.1, 0.15) is 29.8 Å². The van der Waals surface area contributed by atoms with Crippen molar-refractivity contribution >= 4 is 33.9 Å².